The van der Waals surface area contributed by atoms with Gasteiger partial charge in [0.1, 0.15) is 0 Å². The van der Waals surface area contributed by atoms with Crippen molar-refractivity contribution in [2.75, 3.05) is 12.3 Å². The number of aromatic nitrogens is 1. The number of hydrogen-bond donors (Lipinski definition) is 1. The monoisotopic (exact) mass is 236 g/mol. The topological polar surface area (TPSA) is 65.2 Å². The normalized spacial score (nSPS) is 10.6. The van der Waals surface area contributed by atoms with E-state index in [-0.39, 0.29) is 5.97 Å². The third kappa shape index (κ3) is 1.99. The number of nitrogens with zero attached hydrogens (tertiary/aromatic N) is 1. The molecule has 2 N–H and O–H groups in total. The third-order valence-corrected chi connectivity index (χ3v) is 3.02. The standard InChI is InChI=1S/C11H12N2O2S/c1-2-6-15-10(14)7-4-3-5-8-9(7)16-11(12)13-8/h3-5H,2,6H2,1H3,(H2,12,13). The van der Waals surface area contributed by atoms with Crippen molar-refractivity contribution in [1.29, 1.82) is 0 Å². The second kappa shape index (κ2) is 4.49. The number of hydrogen-bond acceptors (Lipinski definition) is 5. The lowest BCUT2D eigenvalue weighted by molar-refractivity contribution is 0.0507. The summed E-state index contributed by atoms with van der Waals surface area (Å²) < 4.78 is 5.89. The molecule has 0 radical (unpaired) electrons. The van der Waals surface area contributed by atoms with E-state index in [1.165, 1.54) is 11.3 Å². The van der Waals surface area contributed by atoms with Gasteiger partial charge >= 0.3 is 5.97 Å². The number of thiazole rings is 1. The van der Waals surface area contributed by atoms with E-state index in [2.05, 4.69) is 4.98 Å². The molecular formula is C11H12N2O2S. The quantitative estimate of drug-likeness (QED) is 0.831. The van der Waals surface area contributed by atoms with Gasteiger partial charge in [0.05, 0.1) is 22.4 Å². The molecule has 84 valence electrons. The summed E-state index contributed by atoms with van der Waals surface area (Å²) in [5.74, 6) is -0.309. The summed E-state index contributed by atoms with van der Waals surface area (Å²) in [7, 11) is 0. The molecule has 0 aliphatic rings. The van der Waals surface area contributed by atoms with Gasteiger partial charge in [0.15, 0.2) is 5.13 Å². The summed E-state index contributed by atoms with van der Waals surface area (Å²) in [6.45, 7) is 2.39. The van der Waals surface area contributed by atoms with Crippen LogP contribution in [0.5, 0.6) is 0 Å². The molecule has 2 aromatic rings. The van der Waals surface area contributed by atoms with Crippen LogP contribution in [-0.2, 0) is 4.74 Å². The Hall–Kier alpha value is -1.62. The van der Waals surface area contributed by atoms with Crippen LogP contribution in [0.15, 0.2) is 18.2 Å². The molecule has 0 atom stereocenters. The van der Waals surface area contributed by atoms with Crippen molar-refractivity contribution in [3.05, 3.63) is 23.8 Å². The number of nitrogens with two attached hydrogens (primary N) is 1. The van der Waals surface area contributed by atoms with Crippen molar-refractivity contribution < 1.29 is 9.53 Å². The van der Waals surface area contributed by atoms with E-state index in [0.717, 1.165) is 16.6 Å². The highest BCUT2D eigenvalue weighted by molar-refractivity contribution is 7.22. The maximum absolute atomic E-state index is 11.7. The van der Waals surface area contributed by atoms with E-state index in [4.69, 9.17) is 10.5 Å². The average molecular weight is 236 g/mol. The molecule has 0 bridgehead atoms. The fourth-order valence-electron chi connectivity index (χ4n) is 1.40. The Bertz CT molecular complexity index is 522. The molecular weight excluding hydrogens is 224 g/mol. The van der Waals surface area contributed by atoms with Gasteiger partial charge < -0.3 is 10.5 Å². The molecule has 0 unspecified atom stereocenters. The summed E-state index contributed by atoms with van der Waals surface area (Å²) in [6.07, 6.45) is 0.812. The number of rotatable bonds is 3. The van der Waals surface area contributed by atoms with Crippen molar-refractivity contribution in [2.45, 2.75) is 13.3 Å². The van der Waals surface area contributed by atoms with Crippen LogP contribution in [-0.4, -0.2) is 17.6 Å². The molecule has 0 aliphatic carbocycles. The fourth-order valence-corrected chi connectivity index (χ4v) is 2.23. The molecule has 0 aliphatic heterocycles. The van der Waals surface area contributed by atoms with Crippen molar-refractivity contribution >= 4 is 32.7 Å². The van der Waals surface area contributed by atoms with Crippen molar-refractivity contribution in [3.63, 3.8) is 0 Å². The smallest absolute Gasteiger partial charge is 0.339 e. The zero-order chi connectivity index (χ0) is 11.5. The molecule has 0 saturated heterocycles. The van der Waals surface area contributed by atoms with E-state index in [1.807, 2.05) is 13.0 Å². The molecule has 0 saturated carbocycles. The minimum atomic E-state index is -0.309. The van der Waals surface area contributed by atoms with Gasteiger partial charge in [-0.15, -0.1) is 0 Å². The molecule has 1 heterocycles. The molecule has 0 amide bonds. The highest BCUT2D eigenvalue weighted by Gasteiger charge is 2.13. The SMILES string of the molecule is CCCOC(=O)c1cccc2nc(N)sc12. The first-order valence-corrected chi connectivity index (χ1v) is 5.86. The minimum Gasteiger partial charge on any atom is -0.462 e. The van der Waals surface area contributed by atoms with Crippen LogP contribution in [0.4, 0.5) is 5.13 Å². The largest absolute Gasteiger partial charge is 0.462 e. The first-order chi connectivity index (χ1) is 7.72. The second-order valence-corrected chi connectivity index (χ2v) is 4.37. The number of nitrogen functional groups attached to an aromatic ring is 1. The van der Waals surface area contributed by atoms with Gasteiger partial charge in [0.2, 0.25) is 0 Å². The summed E-state index contributed by atoms with van der Waals surface area (Å²) in [6, 6.07) is 5.35. The number of fused-ring (bicyclic) bond motifs is 1. The van der Waals surface area contributed by atoms with Crippen LogP contribution in [0.2, 0.25) is 0 Å². The molecule has 4 nitrogen and oxygen atoms in total. The number of carbonyl (C=O) groups excluding carboxylic acids is 1. The molecule has 16 heavy (non-hydrogen) atoms. The number of carbonyl (C=O) groups is 1. The summed E-state index contributed by atoms with van der Waals surface area (Å²) >= 11 is 1.31. The number of benzene rings is 1. The van der Waals surface area contributed by atoms with Crippen LogP contribution < -0.4 is 5.73 Å². The number of ether oxygens (including phenoxy) is 1. The molecule has 0 fully saturated rings. The Morgan fingerprint density at radius 1 is 1.56 bits per heavy atom. The Labute approximate surface area is 97.0 Å². The maximum Gasteiger partial charge on any atom is 0.339 e. The van der Waals surface area contributed by atoms with E-state index in [9.17, 15) is 4.79 Å². The van der Waals surface area contributed by atoms with E-state index in [1.54, 1.807) is 12.1 Å². The van der Waals surface area contributed by atoms with E-state index < -0.39 is 0 Å². The fraction of sp³-hybridized carbons (Fsp3) is 0.273. The predicted molar refractivity (Wildman–Crippen MR) is 64.6 cm³/mol. The van der Waals surface area contributed by atoms with Crippen LogP contribution >= 0.6 is 11.3 Å². The second-order valence-electron chi connectivity index (χ2n) is 3.34. The predicted octanol–water partition coefficient (Wildman–Crippen LogP) is 2.45. The van der Waals surface area contributed by atoms with E-state index in [0.29, 0.717) is 17.3 Å². The molecule has 0 spiro atoms. The van der Waals surface area contributed by atoms with Gasteiger partial charge in [0.25, 0.3) is 0 Å². The Kier molecular flexibility index (Phi) is 3.05. The third-order valence-electron chi connectivity index (χ3n) is 2.09. The zero-order valence-electron chi connectivity index (χ0n) is 8.90. The molecule has 2 rings (SSSR count). The number of esters is 1. The highest BCUT2D eigenvalue weighted by atomic mass is 32.1. The average Bonchev–Trinajstić information content (AvgIpc) is 2.65. The van der Waals surface area contributed by atoms with E-state index >= 15 is 0 Å². The Morgan fingerprint density at radius 3 is 3.12 bits per heavy atom. The van der Waals surface area contributed by atoms with Gasteiger partial charge in [-0.2, -0.15) is 0 Å². The molecule has 5 heteroatoms. The Balaban J connectivity index is 2.39. The minimum absolute atomic E-state index is 0.309. The Morgan fingerprint density at radius 2 is 2.38 bits per heavy atom. The van der Waals surface area contributed by atoms with Crippen LogP contribution in [0.25, 0.3) is 10.2 Å². The lowest BCUT2D eigenvalue weighted by atomic mass is 10.2. The van der Waals surface area contributed by atoms with Crippen molar-refractivity contribution in [1.82, 2.24) is 4.98 Å². The van der Waals surface area contributed by atoms with Crippen molar-refractivity contribution in [2.24, 2.45) is 0 Å². The first-order valence-electron chi connectivity index (χ1n) is 5.04. The van der Waals surface area contributed by atoms with Gasteiger partial charge in [-0.1, -0.05) is 24.3 Å². The summed E-state index contributed by atoms with van der Waals surface area (Å²) in [5, 5.41) is 0.464. The van der Waals surface area contributed by atoms with Gasteiger partial charge in [-0.25, -0.2) is 9.78 Å². The van der Waals surface area contributed by atoms with Crippen LogP contribution in [0.3, 0.4) is 0 Å². The summed E-state index contributed by atoms with van der Waals surface area (Å²) in [4.78, 5) is 15.9. The molecule has 1 aromatic heterocycles. The van der Waals surface area contributed by atoms with Gasteiger partial charge in [-0.05, 0) is 18.6 Å². The van der Waals surface area contributed by atoms with Crippen molar-refractivity contribution in [3.8, 4) is 0 Å². The summed E-state index contributed by atoms with van der Waals surface area (Å²) in [5.41, 5.74) is 6.90. The van der Waals surface area contributed by atoms with Crippen LogP contribution in [0, 0.1) is 0 Å². The van der Waals surface area contributed by atoms with Gasteiger partial charge in [-0.3, -0.25) is 0 Å². The zero-order valence-corrected chi connectivity index (χ0v) is 9.71. The van der Waals surface area contributed by atoms with Crippen LogP contribution in [0.1, 0.15) is 23.7 Å². The maximum atomic E-state index is 11.7. The lowest BCUT2D eigenvalue weighted by Gasteiger charge is -2.02. The lowest BCUT2D eigenvalue weighted by Crippen LogP contribution is -2.05. The highest BCUT2D eigenvalue weighted by Crippen LogP contribution is 2.27. The van der Waals surface area contributed by atoms with Gasteiger partial charge in [0, 0.05) is 0 Å². The molecule has 1 aromatic carbocycles. The number of anilines is 1. The first kappa shape index (κ1) is 10.9.